The first-order valence-corrected chi connectivity index (χ1v) is 8.92. The molecule has 0 amide bonds. The van der Waals surface area contributed by atoms with Gasteiger partial charge in [0.2, 0.25) is 5.78 Å². The van der Waals surface area contributed by atoms with E-state index in [1.165, 1.54) is 6.92 Å². The monoisotopic (exact) mass is 383 g/mol. The predicted octanol–water partition coefficient (Wildman–Crippen LogP) is 4.60. The van der Waals surface area contributed by atoms with Crippen LogP contribution in [0.2, 0.25) is 5.02 Å². The Balaban J connectivity index is 1.56. The third-order valence-corrected chi connectivity index (χ3v) is 4.51. The predicted molar refractivity (Wildman–Crippen MR) is 103 cm³/mol. The number of halogens is 1. The van der Waals surface area contributed by atoms with E-state index in [1.807, 2.05) is 24.3 Å². The first-order valence-electron chi connectivity index (χ1n) is 8.54. The maximum Gasteiger partial charge on any atom is 0.306 e. The highest BCUT2D eigenvalue weighted by Gasteiger charge is 2.22. The van der Waals surface area contributed by atoms with Crippen LogP contribution in [0, 0.1) is 0 Å². The molecule has 3 rings (SSSR count). The number of nitrogens with one attached hydrogen (secondary N) is 1. The summed E-state index contributed by atoms with van der Waals surface area (Å²) in [5.41, 5.74) is 1.80. The van der Waals surface area contributed by atoms with Gasteiger partial charge in [0.1, 0.15) is 0 Å². The zero-order valence-electron chi connectivity index (χ0n) is 14.7. The van der Waals surface area contributed by atoms with Gasteiger partial charge in [0.05, 0.1) is 6.42 Å². The van der Waals surface area contributed by atoms with Gasteiger partial charge in [0.25, 0.3) is 0 Å². The Bertz CT molecular complexity index is 991. The lowest BCUT2D eigenvalue weighted by Crippen LogP contribution is -2.24. The van der Waals surface area contributed by atoms with Crippen molar-refractivity contribution in [3.63, 3.8) is 0 Å². The number of hydrogen-bond donors (Lipinski definition) is 1. The molecule has 1 N–H and O–H groups in total. The highest BCUT2D eigenvalue weighted by Crippen LogP contribution is 2.20. The molecule has 27 heavy (non-hydrogen) atoms. The average molecular weight is 384 g/mol. The lowest BCUT2D eigenvalue weighted by atomic mass is 10.1. The highest BCUT2D eigenvalue weighted by molar-refractivity contribution is 6.30. The van der Waals surface area contributed by atoms with E-state index in [4.69, 9.17) is 16.3 Å². The van der Waals surface area contributed by atoms with Crippen LogP contribution in [0.25, 0.3) is 10.9 Å². The molecule has 2 aromatic carbocycles. The van der Waals surface area contributed by atoms with E-state index in [0.29, 0.717) is 16.1 Å². The summed E-state index contributed by atoms with van der Waals surface area (Å²) in [5, 5.41) is 1.32. The molecule has 1 heterocycles. The molecule has 0 aliphatic rings. The summed E-state index contributed by atoms with van der Waals surface area (Å²) in [5.74, 6) is -1.05. The van der Waals surface area contributed by atoms with Crippen LogP contribution < -0.4 is 0 Å². The molecule has 0 aliphatic heterocycles. The second-order valence-corrected chi connectivity index (χ2v) is 6.61. The van der Waals surface area contributed by atoms with Crippen molar-refractivity contribution in [1.82, 2.24) is 4.98 Å². The van der Waals surface area contributed by atoms with Crippen LogP contribution in [0.1, 0.15) is 40.5 Å². The van der Waals surface area contributed by atoms with Gasteiger partial charge < -0.3 is 9.72 Å². The van der Waals surface area contributed by atoms with Crippen LogP contribution in [0.3, 0.4) is 0 Å². The summed E-state index contributed by atoms with van der Waals surface area (Å²) in [7, 11) is 0. The number of carbonyl (C=O) groups excluding carboxylic acids is 3. The van der Waals surface area contributed by atoms with E-state index < -0.39 is 12.1 Å². The Hall–Kier alpha value is -2.92. The molecule has 5 nitrogen and oxygen atoms in total. The van der Waals surface area contributed by atoms with Crippen molar-refractivity contribution < 1.29 is 19.1 Å². The van der Waals surface area contributed by atoms with Crippen molar-refractivity contribution in [3.05, 3.63) is 70.9 Å². The Labute approximate surface area is 161 Å². The van der Waals surface area contributed by atoms with Crippen LogP contribution in [-0.4, -0.2) is 28.6 Å². The van der Waals surface area contributed by atoms with E-state index in [-0.39, 0.29) is 24.4 Å². The number of rotatable bonds is 7. The molecule has 0 bridgehead atoms. The van der Waals surface area contributed by atoms with E-state index in [2.05, 4.69) is 4.98 Å². The summed E-state index contributed by atoms with van der Waals surface area (Å²) in [4.78, 5) is 39.7. The smallest absolute Gasteiger partial charge is 0.306 e. The fraction of sp³-hybridized carbons (Fsp3) is 0.190. The molecular weight excluding hydrogens is 366 g/mol. The number of Topliss-reactive ketones (excluding diaryl/α,β-unsaturated/α-hetero) is 2. The van der Waals surface area contributed by atoms with E-state index in [1.54, 1.807) is 30.5 Å². The number of para-hydroxylation sites is 1. The van der Waals surface area contributed by atoms with E-state index in [9.17, 15) is 14.4 Å². The van der Waals surface area contributed by atoms with Gasteiger partial charge in [-0.2, -0.15) is 0 Å². The minimum absolute atomic E-state index is 0.00839. The van der Waals surface area contributed by atoms with Crippen molar-refractivity contribution in [3.8, 4) is 0 Å². The molecule has 0 saturated carbocycles. The number of hydrogen-bond acceptors (Lipinski definition) is 4. The second kappa shape index (κ2) is 8.18. The molecule has 0 spiro atoms. The molecule has 0 saturated heterocycles. The number of carbonyl (C=O) groups is 3. The van der Waals surface area contributed by atoms with Crippen LogP contribution in [0.4, 0.5) is 0 Å². The van der Waals surface area contributed by atoms with E-state index >= 15 is 0 Å². The third-order valence-electron chi connectivity index (χ3n) is 4.25. The zero-order chi connectivity index (χ0) is 19.4. The number of benzene rings is 2. The molecule has 0 fully saturated rings. The van der Waals surface area contributed by atoms with Crippen molar-refractivity contribution in [2.24, 2.45) is 0 Å². The van der Waals surface area contributed by atoms with Crippen molar-refractivity contribution in [2.45, 2.75) is 25.9 Å². The highest BCUT2D eigenvalue weighted by atomic mass is 35.5. The SMILES string of the molecule is CC(OC(=O)CCC(=O)c1ccc(Cl)cc1)C(=O)c1c[nH]c2ccccc12. The number of H-pyrrole nitrogens is 1. The van der Waals surface area contributed by atoms with Crippen LogP contribution in [-0.2, 0) is 9.53 Å². The third kappa shape index (κ3) is 4.44. The van der Waals surface area contributed by atoms with Gasteiger partial charge in [-0.3, -0.25) is 14.4 Å². The Kier molecular flexibility index (Phi) is 5.72. The maximum absolute atomic E-state index is 12.6. The number of esters is 1. The molecule has 1 unspecified atom stereocenters. The van der Waals surface area contributed by atoms with Crippen LogP contribution in [0.5, 0.6) is 0 Å². The zero-order valence-corrected chi connectivity index (χ0v) is 15.5. The Morgan fingerprint density at radius 3 is 2.48 bits per heavy atom. The molecule has 6 heteroatoms. The Morgan fingerprint density at radius 2 is 1.74 bits per heavy atom. The van der Waals surface area contributed by atoms with Crippen molar-refractivity contribution in [1.29, 1.82) is 0 Å². The number of ether oxygens (including phenoxy) is 1. The van der Waals surface area contributed by atoms with Crippen molar-refractivity contribution >= 4 is 40.0 Å². The van der Waals surface area contributed by atoms with Gasteiger partial charge in [0, 0.05) is 39.7 Å². The maximum atomic E-state index is 12.6. The summed E-state index contributed by atoms with van der Waals surface area (Å²) in [6.45, 7) is 1.53. The molecule has 138 valence electrons. The number of aromatic nitrogens is 1. The second-order valence-electron chi connectivity index (χ2n) is 6.17. The van der Waals surface area contributed by atoms with Gasteiger partial charge in [-0.25, -0.2) is 0 Å². The topological polar surface area (TPSA) is 76.2 Å². The van der Waals surface area contributed by atoms with Crippen molar-refractivity contribution in [2.75, 3.05) is 0 Å². The van der Waals surface area contributed by atoms with Crippen LogP contribution >= 0.6 is 11.6 Å². The number of ketones is 2. The molecule has 3 aromatic rings. The fourth-order valence-corrected chi connectivity index (χ4v) is 2.93. The minimum Gasteiger partial charge on any atom is -0.454 e. The summed E-state index contributed by atoms with van der Waals surface area (Å²) < 4.78 is 5.21. The lowest BCUT2D eigenvalue weighted by Gasteiger charge is -2.11. The first kappa shape index (κ1) is 18.9. The molecular formula is C21H18ClNO4. The minimum atomic E-state index is -0.928. The lowest BCUT2D eigenvalue weighted by molar-refractivity contribution is -0.146. The van der Waals surface area contributed by atoms with Crippen LogP contribution in [0.15, 0.2) is 54.7 Å². The largest absolute Gasteiger partial charge is 0.454 e. The average Bonchev–Trinajstić information content (AvgIpc) is 3.10. The van der Waals surface area contributed by atoms with Gasteiger partial charge in [-0.1, -0.05) is 29.8 Å². The number of fused-ring (bicyclic) bond motifs is 1. The van der Waals surface area contributed by atoms with Gasteiger partial charge in [-0.15, -0.1) is 0 Å². The molecule has 0 aliphatic carbocycles. The molecule has 1 aromatic heterocycles. The first-order chi connectivity index (χ1) is 13.0. The molecule has 0 radical (unpaired) electrons. The summed E-state index contributed by atoms with van der Waals surface area (Å²) >= 11 is 5.79. The standard InChI is InChI=1S/C21H18ClNO4/c1-13(21(26)17-12-23-18-5-3-2-4-16(17)18)27-20(25)11-10-19(24)14-6-8-15(22)9-7-14/h2-9,12-13,23H,10-11H2,1H3. The van der Waals surface area contributed by atoms with E-state index in [0.717, 1.165) is 10.9 Å². The summed E-state index contributed by atoms with van der Waals surface area (Å²) in [6.07, 6.45) is 0.602. The van der Waals surface area contributed by atoms with Gasteiger partial charge >= 0.3 is 5.97 Å². The Morgan fingerprint density at radius 1 is 1.04 bits per heavy atom. The van der Waals surface area contributed by atoms with Gasteiger partial charge in [0.15, 0.2) is 11.9 Å². The molecule has 1 atom stereocenters. The normalized spacial score (nSPS) is 11.9. The van der Waals surface area contributed by atoms with Gasteiger partial charge in [-0.05, 0) is 37.3 Å². The quantitative estimate of drug-likeness (QED) is 0.478. The summed E-state index contributed by atoms with van der Waals surface area (Å²) in [6, 6.07) is 13.9. The number of aromatic amines is 1. The fourth-order valence-electron chi connectivity index (χ4n) is 2.80.